The molecule has 0 saturated heterocycles. The maximum Gasteiger partial charge on any atom is 0.312 e. The van der Waals surface area contributed by atoms with Gasteiger partial charge in [0.05, 0.1) is 11.6 Å². The number of benzene rings is 1. The first kappa shape index (κ1) is 15.3. The molecule has 1 atom stereocenters. The van der Waals surface area contributed by atoms with Gasteiger partial charge in [-0.1, -0.05) is 18.5 Å². The van der Waals surface area contributed by atoms with E-state index in [1.54, 1.807) is 48.0 Å². The molecule has 1 unspecified atom stereocenters. The van der Waals surface area contributed by atoms with Gasteiger partial charge < -0.3 is 9.67 Å². The van der Waals surface area contributed by atoms with Crippen LogP contribution >= 0.6 is 11.6 Å². The lowest BCUT2D eigenvalue weighted by Gasteiger charge is -2.12. The van der Waals surface area contributed by atoms with Crippen LogP contribution in [0.4, 0.5) is 0 Å². The zero-order valence-corrected chi connectivity index (χ0v) is 12.6. The van der Waals surface area contributed by atoms with E-state index in [0.29, 0.717) is 28.4 Å². The van der Waals surface area contributed by atoms with Crippen LogP contribution < -0.4 is 0 Å². The second-order valence-electron chi connectivity index (χ2n) is 4.84. The Kier molecular flexibility index (Phi) is 4.48. The highest BCUT2D eigenvalue weighted by molar-refractivity contribution is 6.30. The minimum absolute atomic E-state index is 0.152. The average molecular weight is 306 g/mol. The number of hydrogen-bond donors (Lipinski definition) is 1. The van der Waals surface area contributed by atoms with Gasteiger partial charge in [-0.15, -0.1) is 0 Å². The Hall–Kier alpha value is -2.07. The van der Waals surface area contributed by atoms with Gasteiger partial charge in [0.2, 0.25) is 5.78 Å². The zero-order chi connectivity index (χ0) is 15.6. The van der Waals surface area contributed by atoms with E-state index >= 15 is 0 Å². The maximum absolute atomic E-state index is 12.5. The number of nitrogens with zero attached hydrogens (tertiary/aromatic N) is 1. The van der Waals surface area contributed by atoms with Crippen LogP contribution in [0.1, 0.15) is 41.0 Å². The van der Waals surface area contributed by atoms with E-state index in [1.807, 2.05) is 6.92 Å². The molecule has 0 aliphatic rings. The second-order valence-corrected chi connectivity index (χ2v) is 5.27. The molecule has 1 aromatic carbocycles. The summed E-state index contributed by atoms with van der Waals surface area (Å²) in [6.45, 7) is 1.81. The summed E-state index contributed by atoms with van der Waals surface area (Å²) in [6.07, 6.45) is 0.474. The summed E-state index contributed by atoms with van der Waals surface area (Å²) in [5.41, 5.74) is 1.62. The smallest absolute Gasteiger partial charge is 0.312 e. The van der Waals surface area contributed by atoms with Crippen molar-refractivity contribution >= 4 is 23.4 Å². The number of aliphatic carboxylic acids is 1. The molecule has 1 heterocycles. The van der Waals surface area contributed by atoms with Crippen LogP contribution in [0.25, 0.3) is 0 Å². The Balaban J connectivity index is 2.38. The normalized spacial score (nSPS) is 12.1. The largest absolute Gasteiger partial charge is 0.481 e. The van der Waals surface area contributed by atoms with E-state index in [0.717, 1.165) is 0 Å². The number of carboxylic acid groups (broad SMARTS) is 1. The van der Waals surface area contributed by atoms with Gasteiger partial charge in [0.25, 0.3) is 0 Å². The first-order valence-electron chi connectivity index (χ1n) is 6.64. The van der Waals surface area contributed by atoms with Crippen LogP contribution in [0.3, 0.4) is 0 Å². The first-order valence-corrected chi connectivity index (χ1v) is 7.02. The number of carbonyl (C=O) groups excluding carboxylic acids is 1. The van der Waals surface area contributed by atoms with Gasteiger partial charge in [0, 0.05) is 23.3 Å². The number of carbonyl (C=O) groups is 2. The molecular weight excluding hydrogens is 290 g/mol. The Morgan fingerprint density at radius 3 is 2.33 bits per heavy atom. The van der Waals surface area contributed by atoms with Crippen molar-refractivity contribution in [1.82, 2.24) is 4.57 Å². The number of rotatable bonds is 5. The van der Waals surface area contributed by atoms with Crippen molar-refractivity contribution in [3.63, 3.8) is 0 Å². The average Bonchev–Trinajstić information content (AvgIpc) is 2.81. The molecule has 21 heavy (non-hydrogen) atoms. The van der Waals surface area contributed by atoms with Crippen molar-refractivity contribution in [1.29, 1.82) is 0 Å². The van der Waals surface area contributed by atoms with Gasteiger partial charge in [-0.25, -0.2) is 0 Å². The van der Waals surface area contributed by atoms with Crippen LogP contribution in [0.15, 0.2) is 36.4 Å². The van der Waals surface area contributed by atoms with Gasteiger partial charge in [-0.2, -0.15) is 0 Å². The van der Waals surface area contributed by atoms with Gasteiger partial charge in [0.1, 0.15) is 0 Å². The summed E-state index contributed by atoms with van der Waals surface area (Å²) in [6, 6.07) is 10.00. The van der Waals surface area contributed by atoms with Crippen LogP contribution in [0.2, 0.25) is 5.02 Å². The minimum atomic E-state index is -0.885. The molecule has 1 N–H and O–H groups in total. The Morgan fingerprint density at radius 1 is 1.19 bits per heavy atom. The van der Waals surface area contributed by atoms with Crippen molar-refractivity contribution < 1.29 is 14.7 Å². The molecule has 0 saturated carbocycles. The van der Waals surface area contributed by atoms with Crippen LogP contribution in [-0.2, 0) is 11.8 Å². The SMILES string of the molecule is CCC(C(=O)O)c1ccc(C(=O)c2ccc(Cl)cc2)n1C. The number of ketones is 1. The van der Waals surface area contributed by atoms with Crippen molar-refractivity contribution in [2.24, 2.45) is 7.05 Å². The van der Waals surface area contributed by atoms with Crippen LogP contribution in [-0.4, -0.2) is 21.4 Å². The van der Waals surface area contributed by atoms with E-state index in [9.17, 15) is 14.7 Å². The maximum atomic E-state index is 12.5. The second kappa shape index (κ2) is 6.14. The van der Waals surface area contributed by atoms with E-state index in [2.05, 4.69) is 0 Å². The molecule has 0 spiro atoms. The molecule has 0 aliphatic carbocycles. The molecule has 0 amide bonds. The Labute approximate surface area is 128 Å². The number of halogens is 1. The summed E-state index contributed by atoms with van der Waals surface area (Å²) < 4.78 is 1.65. The summed E-state index contributed by atoms with van der Waals surface area (Å²) in [4.78, 5) is 23.7. The van der Waals surface area contributed by atoms with Gasteiger partial charge in [-0.3, -0.25) is 9.59 Å². The molecule has 2 aromatic rings. The fourth-order valence-corrected chi connectivity index (χ4v) is 2.49. The predicted molar refractivity (Wildman–Crippen MR) is 81.0 cm³/mol. The van der Waals surface area contributed by atoms with Crippen LogP contribution in [0, 0.1) is 0 Å². The quantitative estimate of drug-likeness (QED) is 0.860. The Bertz CT molecular complexity index is 673. The van der Waals surface area contributed by atoms with E-state index in [-0.39, 0.29) is 5.78 Å². The molecule has 2 rings (SSSR count). The third kappa shape index (κ3) is 3.00. The van der Waals surface area contributed by atoms with E-state index in [1.165, 1.54) is 0 Å². The predicted octanol–water partition coefficient (Wildman–Crippen LogP) is 3.49. The van der Waals surface area contributed by atoms with Gasteiger partial charge >= 0.3 is 5.97 Å². The number of hydrogen-bond acceptors (Lipinski definition) is 2. The lowest BCUT2D eigenvalue weighted by atomic mass is 10.0. The standard InChI is InChI=1S/C16H16ClNO3/c1-3-12(16(20)21)13-8-9-14(18(13)2)15(19)10-4-6-11(17)7-5-10/h4-9,12H,3H2,1-2H3,(H,20,21). The van der Waals surface area contributed by atoms with E-state index in [4.69, 9.17) is 11.6 Å². The molecule has 0 radical (unpaired) electrons. The van der Waals surface area contributed by atoms with Crippen LogP contribution in [0.5, 0.6) is 0 Å². The van der Waals surface area contributed by atoms with Crippen molar-refractivity contribution in [3.8, 4) is 0 Å². The topological polar surface area (TPSA) is 59.3 Å². The molecular formula is C16H16ClNO3. The van der Waals surface area contributed by atoms with Crippen molar-refractivity contribution in [3.05, 3.63) is 58.4 Å². The molecule has 0 fully saturated rings. The van der Waals surface area contributed by atoms with Crippen molar-refractivity contribution in [2.45, 2.75) is 19.3 Å². The highest BCUT2D eigenvalue weighted by atomic mass is 35.5. The molecule has 1 aromatic heterocycles. The third-order valence-corrected chi connectivity index (χ3v) is 3.82. The zero-order valence-electron chi connectivity index (χ0n) is 11.8. The summed E-state index contributed by atoms with van der Waals surface area (Å²) >= 11 is 5.81. The third-order valence-electron chi connectivity index (χ3n) is 3.56. The minimum Gasteiger partial charge on any atom is -0.481 e. The van der Waals surface area contributed by atoms with Gasteiger partial charge in [-0.05, 0) is 42.8 Å². The fourth-order valence-electron chi connectivity index (χ4n) is 2.36. The van der Waals surface area contributed by atoms with Crippen molar-refractivity contribution in [2.75, 3.05) is 0 Å². The highest BCUT2D eigenvalue weighted by Crippen LogP contribution is 2.23. The molecule has 0 aliphatic heterocycles. The Morgan fingerprint density at radius 2 is 1.81 bits per heavy atom. The molecule has 110 valence electrons. The highest BCUT2D eigenvalue weighted by Gasteiger charge is 2.23. The summed E-state index contributed by atoms with van der Waals surface area (Å²) in [5.74, 6) is -1.65. The monoisotopic (exact) mass is 305 g/mol. The van der Waals surface area contributed by atoms with Gasteiger partial charge in [0.15, 0.2) is 0 Å². The molecule has 4 nitrogen and oxygen atoms in total. The van der Waals surface area contributed by atoms with E-state index < -0.39 is 11.9 Å². The lowest BCUT2D eigenvalue weighted by Crippen LogP contribution is -2.16. The summed E-state index contributed by atoms with van der Waals surface area (Å²) in [5, 5.41) is 9.80. The number of aromatic nitrogens is 1. The number of carboxylic acids is 1. The lowest BCUT2D eigenvalue weighted by molar-refractivity contribution is -0.139. The molecule has 5 heteroatoms. The summed E-state index contributed by atoms with van der Waals surface area (Å²) in [7, 11) is 1.71. The first-order chi connectivity index (χ1) is 9.95. The molecule has 0 bridgehead atoms. The fraction of sp³-hybridized carbons (Fsp3) is 0.250.